The van der Waals surface area contributed by atoms with E-state index < -0.39 is 10.0 Å². The van der Waals surface area contributed by atoms with E-state index in [2.05, 4.69) is 11.8 Å². The van der Waals surface area contributed by atoms with Crippen molar-refractivity contribution in [1.82, 2.24) is 14.1 Å². The molecule has 0 bridgehead atoms. The van der Waals surface area contributed by atoms with Crippen LogP contribution in [0.3, 0.4) is 0 Å². The summed E-state index contributed by atoms with van der Waals surface area (Å²) in [5, 5.41) is 0. The number of nitrogens with zero attached hydrogens (tertiary/aromatic N) is 3. The van der Waals surface area contributed by atoms with E-state index in [1.807, 2.05) is 7.05 Å². The van der Waals surface area contributed by atoms with Crippen molar-refractivity contribution in [2.24, 2.45) is 0 Å². The van der Waals surface area contributed by atoms with Gasteiger partial charge in [0.25, 0.3) is 5.91 Å². The maximum absolute atomic E-state index is 12.9. The Bertz CT molecular complexity index is 736. The van der Waals surface area contributed by atoms with Gasteiger partial charge < -0.3 is 9.80 Å². The number of piperidine rings is 1. The van der Waals surface area contributed by atoms with Crippen molar-refractivity contribution in [3.8, 4) is 0 Å². The average molecular weight is 380 g/mol. The van der Waals surface area contributed by atoms with Gasteiger partial charge in [0.15, 0.2) is 0 Å². The van der Waals surface area contributed by atoms with Gasteiger partial charge >= 0.3 is 0 Å². The molecule has 2 aliphatic heterocycles. The number of sulfonamides is 1. The molecule has 1 aromatic rings. The summed E-state index contributed by atoms with van der Waals surface area (Å²) in [6, 6.07) is 6.72. The maximum Gasteiger partial charge on any atom is 0.253 e. The second-order valence-electron chi connectivity index (χ2n) is 7.22. The fourth-order valence-corrected chi connectivity index (χ4v) is 5.42. The molecular formula is C19H29N3O3S. The van der Waals surface area contributed by atoms with Crippen molar-refractivity contribution in [3.05, 3.63) is 29.8 Å². The fourth-order valence-electron chi connectivity index (χ4n) is 3.86. The summed E-state index contributed by atoms with van der Waals surface area (Å²) in [6.07, 6.45) is 3.72. The van der Waals surface area contributed by atoms with Crippen LogP contribution in [0.25, 0.3) is 0 Å². The van der Waals surface area contributed by atoms with Crippen LogP contribution in [0.1, 0.15) is 43.0 Å². The molecule has 0 unspecified atom stereocenters. The van der Waals surface area contributed by atoms with Crippen LogP contribution in [-0.2, 0) is 10.0 Å². The Morgan fingerprint density at radius 3 is 2.42 bits per heavy atom. The first-order valence-corrected chi connectivity index (χ1v) is 11.0. The van der Waals surface area contributed by atoms with Crippen LogP contribution in [0.15, 0.2) is 29.2 Å². The monoisotopic (exact) mass is 379 g/mol. The van der Waals surface area contributed by atoms with Crippen LogP contribution in [0, 0.1) is 0 Å². The molecule has 2 fully saturated rings. The van der Waals surface area contributed by atoms with E-state index in [9.17, 15) is 13.2 Å². The quantitative estimate of drug-likeness (QED) is 0.785. The van der Waals surface area contributed by atoms with Gasteiger partial charge in [0.1, 0.15) is 0 Å². The number of hydrogen-bond donors (Lipinski definition) is 0. The van der Waals surface area contributed by atoms with Gasteiger partial charge in [0.05, 0.1) is 4.90 Å². The van der Waals surface area contributed by atoms with Crippen molar-refractivity contribution >= 4 is 15.9 Å². The molecule has 3 rings (SSSR count). The highest BCUT2D eigenvalue weighted by molar-refractivity contribution is 7.89. The lowest BCUT2D eigenvalue weighted by Gasteiger charge is -2.36. The van der Waals surface area contributed by atoms with E-state index in [0.717, 1.165) is 45.3 Å². The second kappa shape index (κ2) is 8.06. The van der Waals surface area contributed by atoms with Gasteiger partial charge in [-0.15, -0.1) is 0 Å². The summed E-state index contributed by atoms with van der Waals surface area (Å²) in [5.74, 6) is -0.0987. The number of likely N-dealkylation sites (tertiary alicyclic amines) is 1. The molecule has 0 radical (unpaired) electrons. The van der Waals surface area contributed by atoms with Crippen molar-refractivity contribution in [2.45, 2.75) is 43.5 Å². The maximum atomic E-state index is 12.9. The van der Waals surface area contributed by atoms with E-state index in [0.29, 0.717) is 18.7 Å². The van der Waals surface area contributed by atoms with Crippen LogP contribution >= 0.6 is 0 Å². The van der Waals surface area contributed by atoms with E-state index in [4.69, 9.17) is 0 Å². The van der Waals surface area contributed by atoms with Gasteiger partial charge in [-0.3, -0.25) is 4.79 Å². The first-order chi connectivity index (χ1) is 12.4. The molecule has 6 nitrogen and oxygen atoms in total. The predicted octanol–water partition coefficient (Wildman–Crippen LogP) is 2.03. The molecule has 144 valence electrons. The van der Waals surface area contributed by atoms with Crippen LogP contribution in [0.4, 0.5) is 0 Å². The molecule has 1 aromatic carbocycles. The molecule has 0 N–H and O–H groups in total. The number of hydrogen-bond acceptors (Lipinski definition) is 4. The molecule has 0 saturated carbocycles. The smallest absolute Gasteiger partial charge is 0.253 e. The summed E-state index contributed by atoms with van der Waals surface area (Å²) >= 11 is 0. The molecule has 1 amide bonds. The molecule has 0 aliphatic carbocycles. The SMILES string of the molecule is CCN1CCC(N(C)C(=O)c2cccc(S(=O)(=O)N3CCCC3)c2)CC1. The number of rotatable bonds is 5. The molecular weight excluding hydrogens is 350 g/mol. The zero-order valence-electron chi connectivity index (χ0n) is 15.7. The molecule has 0 aromatic heterocycles. The lowest BCUT2D eigenvalue weighted by molar-refractivity contribution is 0.0646. The van der Waals surface area contributed by atoms with E-state index in [1.54, 1.807) is 23.1 Å². The third kappa shape index (κ3) is 3.94. The Morgan fingerprint density at radius 1 is 1.15 bits per heavy atom. The number of benzene rings is 1. The Balaban J connectivity index is 1.74. The number of carbonyl (C=O) groups excluding carboxylic acids is 1. The highest BCUT2D eigenvalue weighted by atomic mass is 32.2. The minimum Gasteiger partial charge on any atom is -0.339 e. The number of carbonyl (C=O) groups is 1. The Hall–Kier alpha value is -1.44. The third-order valence-electron chi connectivity index (χ3n) is 5.66. The lowest BCUT2D eigenvalue weighted by Crippen LogP contribution is -2.45. The Morgan fingerprint density at radius 2 is 1.81 bits per heavy atom. The first kappa shape index (κ1) is 19.3. The predicted molar refractivity (Wildman–Crippen MR) is 102 cm³/mol. The highest BCUT2D eigenvalue weighted by Crippen LogP contribution is 2.23. The first-order valence-electron chi connectivity index (χ1n) is 9.53. The highest BCUT2D eigenvalue weighted by Gasteiger charge is 2.29. The standard InChI is InChI=1S/C19H29N3O3S/c1-3-21-13-9-17(10-14-21)20(2)19(23)16-7-6-8-18(15-16)26(24,25)22-11-4-5-12-22/h6-8,15,17H,3-5,9-14H2,1-2H3. The summed E-state index contributed by atoms with van der Waals surface area (Å²) in [5.41, 5.74) is 0.450. The fraction of sp³-hybridized carbons (Fsp3) is 0.632. The Labute approximate surface area is 156 Å². The van der Waals surface area contributed by atoms with Crippen LogP contribution in [-0.4, -0.2) is 74.2 Å². The molecule has 2 heterocycles. The molecule has 0 spiro atoms. The van der Waals surface area contributed by atoms with Gasteiger partial charge in [0, 0.05) is 44.8 Å². The summed E-state index contributed by atoms with van der Waals surface area (Å²) in [4.78, 5) is 17.3. The van der Waals surface area contributed by atoms with Crippen molar-refractivity contribution in [3.63, 3.8) is 0 Å². The lowest BCUT2D eigenvalue weighted by atomic mass is 10.0. The average Bonchev–Trinajstić information content (AvgIpc) is 3.23. The molecule has 2 saturated heterocycles. The second-order valence-corrected chi connectivity index (χ2v) is 9.16. The number of amides is 1. The molecule has 0 atom stereocenters. The Kier molecular flexibility index (Phi) is 5.99. The van der Waals surface area contributed by atoms with E-state index in [-0.39, 0.29) is 16.8 Å². The third-order valence-corrected chi connectivity index (χ3v) is 7.55. The van der Waals surface area contributed by atoms with Crippen LogP contribution in [0.2, 0.25) is 0 Å². The topological polar surface area (TPSA) is 60.9 Å². The molecule has 7 heteroatoms. The van der Waals surface area contributed by atoms with Crippen molar-refractivity contribution in [2.75, 3.05) is 39.8 Å². The van der Waals surface area contributed by atoms with Crippen LogP contribution < -0.4 is 0 Å². The van der Waals surface area contributed by atoms with Gasteiger partial charge in [-0.1, -0.05) is 13.0 Å². The van der Waals surface area contributed by atoms with Gasteiger partial charge in [-0.25, -0.2) is 8.42 Å². The van der Waals surface area contributed by atoms with Gasteiger partial charge in [-0.05, 0) is 50.4 Å². The minimum absolute atomic E-state index is 0.0987. The zero-order chi connectivity index (χ0) is 18.7. The molecule has 26 heavy (non-hydrogen) atoms. The normalized spacial score (nSPS) is 20.4. The summed E-state index contributed by atoms with van der Waals surface area (Å²) in [6.45, 7) is 6.33. The van der Waals surface area contributed by atoms with Gasteiger partial charge in [-0.2, -0.15) is 4.31 Å². The minimum atomic E-state index is -3.50. The van der Waals surface area contributed by atoms with E-state index in [1.165, 1.54) is 10.4 Å². The van der Waals surface area contributed by atoms with Crippen molar-refractivity contribution < 1.29 is 13.2 Å². The summed E-state index contributed by atoms with van der Waals surface area (Å²) in [7, 11) is -1.67. The van der Waals surface area contributed by atoms with Crippen LogP contribution in [0.5, 0.6) is 0 Å². The summed E-state index contributed by atoms with van der Waals surface area (Å²) < 4.78 is 27.0. The largest absolute Gasteiger partial charge is 0.339 e. The van der Waals surface area contributed by atoms with Crippen molar-refractivity contribution in [1.29, 1.82) is 0 Å². The molecule has 2 aliphatic rings. The van der Waals surface area contributed by atoms with Gasteiger partial charge in [0.2, 0.25) is 10.0 Å². The van der Waals surface area contributed by atoms with E-state index >= 15 is 0 Å². The zero-order valence-corrected chi connectivity index (χ0v) is 16.5.